The molecule has 3 heterocycles. The quantitative estimate of drug-likeness (QED) is 0.313. The maximum absolute atomic E-state index is 13.2. The van der Waals surface area contributed by atoms with Gasteiger partial charge >= 0.3 is 0 Å². The summed E-state index contributed by atoms with van der Waals surface area (Å²) in [6, 6.07) is 26.4. The molecule has 0 saturated heterocycles. The van der Waals surface area contributed by atoms with Crippen molar-refractivity contribution in [2.24, 2.45) is 0 Å². The van der Waals surface area contributed by atoms with Crippen LogP contribution in [-0.2, 0) is 21.1 Å². The number of carbonyl (C=O) groups excluding carboxylic acids is 1. The molecule has 0 spiro atoms. The lowest BCUT2D eigenvalue weighted by Gasteiger charge is -2.09. The first-order valence-electron chi connectivity index (χ1n) is 12.0. The van der Waals surface area contributed by atoms with Crippen molar-refractivity contribution in [2.75, 3.05) is 12.4 Å². The van der Waals surface area contributed by atoms with E-state index >= 15 is 0 Å². The van der Waals surface area contributed by atoms with E-state index in [1.165, 1.54) is 11.5 Å². The van der Waals surface area contributed by atoms with Gasteiger partial charge in [-0.25, -0.2) is 13.4 Å². The van der Waals surface area contributed by atoms with Gasteiger partial charge in [0.2, 0.25) is 15.7 Å². The maximum Gasteiger partial charge on any atom is 0.230 e. The number of aromatic nitrogens is 2. The van der Waals surface area contributed by atoms with Crippen molar-refractivity contribution in [3.8, 4) is 28.1 Å². The number of methoxy groups -OCH3 is 1. The predicted octanol–water partition coefficient (Wildman–Crippen LogP) is 5.62. The molecule has 5 aromatic rings. The first-order chi connectivity index (χ1) is 18.4. The summed E-state index contributed by atoms with van der Waals surface area (Å²) in [6.07, 6.45) is 3.53. The number of anilines is 1. The zero-order valence-corrected chi connectivity index (χ0v) is 21.3. The summed E-state index contributed by atoms with van der Waals surface area (Å²) in [6.45, 7) is 0. The number of sulfone groups is 1. The fraction of sp³-hybridized carbons (Fsp3) is 0.0667. The van der Waals surface area contributed by atoms with Crippen LogP contribution < -0.4 is 10.1 Å². The van der Waals surface area contributed by atoms with Crippen LogP contribution in [0.15, 0.2) is 101 Å². The minimum absolute atomic E-state index is 0.0510. The Morgan fingerprint density at radius 1 is 0.921 bits per heavy atom. The number of hydrogen-bond acceptors (Lipinski definition) is 5. The molecule has 0 atom stereocenters. The van der Waals surface area contributed by atoms with Crippen LogP contribution in [0.2, 0.25) is 0 Å². The number of ether oxygens (including phenoxy) is 1. The van der Waals surface area contributed by atoms with Gasteiger partial charge in [-0.1, -0.05) is 48.5 Å². The highest BCUT2D eigenvalue weighted by Gasteiger charge is 2.22. The van der Waals surface area contributed by atoms with E-state index in [9.17, 15) is 13.2 Å². The zero-order valence-electron chi connectivity index (χ0n) is 20.5. The smallest absolute Gasteiger partial charge is 0.230 e. The Kier molecular flexibility index (Phi) is 5.81. The fourth-order valence-electron chi connectivity index (χ4n) is 4.64. The largest absolute Gasteiger partial charge is 0.497 e. The summed E-state index contributed by atoms with van der Waals surface area (Å²) in [5.41, 5.74) is 6.14. The molecule has 0 aliphatic carbocycles. The molecule has 8 heteroatoms. The number of fused-ring (bicyclic) bond motifs is 2. The molecule has 1 aliphatic heterocycles. The highest BCUT2D eigenvalue weighted by molar-refractivity contribution is 7.94. The number of pyridine rings is 1. The van der Waals surface area contributed by atoms with Crippen LogP contribution in [0, 0.1) is 0 Å². The molecule has 188 valence electrons. The predicted molar refractivity (Wildman–Crippen MR) is 148 cm³/mol. The molecule has 1 amide bonds. The number of imidazole rings is 1. The fourth-order valence-corrected chi connectivity index (χ4v) is 5.87. The van der Waals surface area contributed by atoms with Crippen LogP contribution in [0.1, 0.15) is 11.3 Å². The molecule has 3 aromatic carbocycles. The normalized spacial score (nSPS) is 13.4. The van der Waals surface area contributed by atoms with E-state index in [1.807, 2.05) is 77.3 Å². The molecule has 1 N–H and O–H groups in total. The van der Waals surface area contributed by atoms with Crippen LogP contribution in [0.5, 0.6) is 5.75 Å². The van der Waals surface area contributed by atoms with Crippen LogP contribution in [0.25, 0.3) is 34.1 Å². The van der Waals surface area contributed by atoms with Crippen LogP contribution >= 0.6 is 0 Å². The van der Waals surface area contributed by atoms with Gasteiger partial charge in [0.15, 0.2) is 0 Å². The van der Waals surface area contributed by atoms with Gasteiger partial charge in [-0.2, -0.15) is 0 Å². The Balaban J connectivity index is 1.35. The summed E-state index contributed by atoms with van der Waals surface area (Å²) in [5, 5.41) is 4.03. The van der Waals surface area contributed by atoms with Crippen molar-refractivity contribution in [1.29, 1.82) is 0 Å². The Hall–Kier alpha value is -4.69. The van der Waals surface area contributed by atoms with Crippen molar-refractivity contribution < 1.29 is 17.9 Å². The summed E-state index contributed by atoms with van der Waals surface area (Å²) >= 11 is 0. The molecule has 0 fully saturated rings. The lowest BCUT2D eigenvalue weighted by Crippen LogP contribution is -2.16. The third kappa shape index (κ3) is 4.35. The van der Waals surface area contributed by atoms with Gasteiger partial charge in [-0.05, 0) is 59.2 Å². The van der Waals surface area contributed by atoms with Gasteiger partial charge < -0.3 is 14.5 Å². The van der Waals surface area contributed by atoms with Gasteiger partial charge in [0.1, 0.15) is 11.4 Å². The number of rotatable bonds is 6. The van der Waals surface area contributed by atoms with Gasteiger partial charge in [-0.3, -0.25) is 4.79 Å². The second-order valence-corrected chi connectivity index (χ2v) is 10.8. The van der Waals surface area contributed by atoms with Crippen LogP contribution in [-0.4, -0.2) is 30.8 Å². The van der Waals surface area contributed by atoms with Crippen molar-refractivity contribution in [2.45, 2.75) is 11.3 Å². The van der Waals surface area contributed by atoms with Gasteiger partial charge in [0.05, 0.1) is 29.8 Å². The highest BCUT2D eigenvalue weighted by Crippen LogP contribution is 2.31. The van der Waals surface area contributed by atoms with Gasteiger partial charge in [0.25, 0.3) is 0 Å². The van der Waals surface area contributed by atoms with E-state index < -0.39 is 9.84 Å². The van der Waals surface area contributed by atoms with E-state index in [-0.39, 0.29) is 17.2 Å². The van der Waals surface area contributed by atoms with E-state index in [0.29, 0.717) is 16.9 Å². The summed E-state index contributed by atoms with van der Waals surface area (Å²) in [4.78, 5) is 18.3. The van der Waals surface area contributed by atoms with Gasteiger partial charge in [-0.15, -0.1) is 0 Å². The second kappa shape index (κ2) is 9.32. The summed E-state index contributed by atoms with van der Waals surface area (Å²) in [7, 11) is -1.83. The van der Waals surface area contributed by atoms with Crippen LogP contribution in [0.4, 0.5) is 5.69 Å². The van der Waals surface area contributed by atoms with E-state index in [0.717, 1.165) is 33.8 Å². The second-order valence-electron chi connectivity index (χ2n) is 8.97. The molecule has 1 aliphatic rings. The number of carbonyl (C=O) groups is 1. The van der Waals surface area contributed by atoms with Crippen molar-refractivity contribution in [3.63, 3.8) is 0 Å². The average molecular weight is 522 g/mol. The first kappa shape index (κ1) is 23.7. The third-order valence-corrected chi connectivity index (χ3v) is 8.02. The lowest BCUT2D eigenvalue weighted by molar-refractivity contribution is -0.115. The zero-order chi connectivity index (χ0) is 26.3. The van der Waals surface area contributed by atoms with E-state index in [2.05, 4.69) is 5.32 Å². The molecule has 0 radical (unpaired) electrons. The number of nitrogens with zero attached hydrogens (tertiary/aromatic N) is 2. The average Bonchev–Trinajstić information content (AvgIpc) is 3.45. The van der Waals surface area contributed by atoms with Crippen LogP contribution in [0.3, 0.4) is 0 Å². The molecule has 6 rings (SSSR count). The minimum Gasteiger partial charge on any atom is -0.497 e. The topological polar surface area (TPSA) is 89.8 Å². The molecule has 0 bridgehead atoms. The Morgan fingerprint density at radius 3 is 2.47 bits per heavy atom. The summed E-state index contributed by atoms with van der Waals surface area (Å²) < 4.78 is 31.7. The molecule has 2 aromatic heterocycles. The SMILES string of the molecule is COc1ccc(-c2ccn3c(CC(=O)Nc4ccc5c(c4)S(=O)(=O)C=C5)c(-c4ccccc4)nc3c2)cc1. The minimum atomic E-state index is -3.47. The number of nitrogens with one attached hydrogen (secondary N) is 1. The lowest BCUT2D eigenvalue weighted by atomic mass is 10.1. The van der Waals surface area contributed by atoms with Crippen molar-refractivity contribution in [3.05, 3.63) is 108 Å². The Labute approximate surface area is 220 Å². The summed E-state index contributed by atoms with van der Waals surface area (Å²) in [5.74, 6) is 0.513. The van der Waals surface area contributed by atoms with E-state index in [1.54, 1.807) is 25.3 Å². The van der Waals surface area contributed by atoms with E-state index in [4.69, 9.17) is 9.72 Å². The molecule has 7 nitrogen and oxygen atoms in total. The third-order valence-electron chi connectivity index (χ3n) is 6.55. The Morgan fingerprint density at radius 2 is 1.71 bits per heavy atom. The van der Waals surface area contributed by atoms with Crippen molar-refractivity contribution >= 4 is 33.2 Å². The number of amides is 1. The highest BCUT2D eigenvalue weighted by atomic mass is 32.2. The maximum atomic E-state index is 13.2. The number of hydrogen-bond donors (Lipinski definition) is 1. The molecule has 0 saturated carbocycles. The Bertz CT molecular complexity index is 1820. The standard InChI is InChI=1S/C30H23N3O4S/c1-37-25-11-8-20(9-12-25)23-13-15-33-26(30(32-28(33)17-23)22-5-3-2-4-6-22)19-29(34)31-24-10-7-21-14-16-38(35,36)27(21)18-24/h2-18H,19H2,1H3,(H,31,34). The molecule has 38 heavy (non-hydrogen) atoms. The van der Waals surface area contributed by atoms with Crippen molar-refractivity contribution in [1.82, 2.24) is 9.38 Å². The monoisotopic (exact) mass is 521 g/mol. The first-order valence-corrected chi connectivity index (χ1v) is 13.5. The molecule has 0 unspecified atom stereocenters. The van der Waals surface area contributed by atoms with Gasteiger partial charge in [0, 0.05) is 22.9 Å². The number of benzene rings is 3. The molecular weight excluding hydrogens is 498 g/mol. The molecular formula is C30H23N3O4S.